The molecular formula is C12H15BrN6O2. The van der Waals surface area contributed by atoms with Crippen molar-refractivity contribution < 1.29 is 4.74 Å². The normalized spacial score (nSPS) is 18.9. The fourth-order valence-electron chi connectivity index (χ4n) is 2.20. The van der Waals surface area contributed by atoms with E-state index in [0.29, 0.717) is 17.0 Å². The van der Waals surface area contributed by atoms with E-state index in [1.165, 1.54) is 0 Å². The van der Waals surface area contributed by atoms with Gasteiger partial charge in [0, 0.05) is 20.7 Å². The summed E-state index contributed by atoms with van der Waals surface area (Å²) in [6.45, 7) is 0.700. The van der Waals surface area contributed by atoms with Crippen LogP contribution in [0.1, 0.15) is 19.1 Å². The van der Waals surface area contributed by atoms with Crippen LogP contribution < -0.4 is 5.56 Å². The van der Waals surface area contributed by atoms with Crippen LogP contribution in [-0.4, -0.2) is 51.5 Å². The molecule has 0 radical (unpaired) electrons. The van der Waals surface area contributed by atoms with Crippen LogP contribution in [0.4, 0.5) is 5.95 Å². The minimum atomic E-state index is -0.316. The van der Waals surface area contributed by atoms with Crippen LogP contribution in [0.5, 0.6) is 0 Å². The lowest BCUT2D eigenvalue weighted by Crippen LogP contribution is -2.12. The number of hydrogen-bond acceptors (Lipinski definition) is 5. The number of imidazole rings is 1. The topological polar surface area (TPSA) is 88.4 Å². The number of hydrogen-bond donors (Lipinski definition) is 1. The van der Waals surface area contributed by atoms with Crippen LogP contribution in [0.15, 0.2) is 14.5 Å². The first-order valence-corrected chi connectivity index (χ1v) is 7.35. The second-order valence-electron chi connectivity index (χ2n) is 4.99. The second-order valence-corrected chi connectivity index (χ2v) is 5.70. The Balaban J connectivity index is 2.14. The van der Waals surface area contributed by atoms with Crippen molar-refractivity contribution in [3.05, 3.63) is 15.1 Å². The number of H-pyrrole nitrogens is 1. The summed E-state index contributed by atoms with van der Waals surface area (Å²) < 4.78 is 7.99. The number of rotatable bonds is 3. The van der Waals surface area contributed by atoms with Crippen LogP contribution in [0, 0.1) is 0 Å². The maximum absolute atomic E-state index is 12.1. The predicted molar refractivity (Wildman–Crippen MR) is 81.9 cm³/mol. The Morgan fingerprint density at radius 3 is 3.00 bits per heavy atom. The number of aromatic nitrogens is 4. The molecule has 0 aromatic carbocycles. The zero-order valence-corrected chi connectivity index (χ0v) is 13.3. The monoisotopic (exact) mass is 354 g/mol. The van der Waals surface area contributed by atoms with Crippen molar-refractivity contribution >= 4 is 39.4 Å². The highest BCUT2D eigenvalue weighted by Crippen LogP contribution is 2.29. The van der Waals surface area contributed by atoms with Crippen LogP contribution >= 0.6 is 15.9 Å². The van der Waals surface area contributed by atoms with Gasteiger partial charge in [-0.15, -0.1) is 0 Å². The maximum atomic E-state index is 12.1. The number of fused-ring (bicyclic) bond motifs is 1. The maximum Gasteiger partial charge on any atom is 0.280 e. The van der Waals surface area contributed by atoms with Crippen molar-refractivity contribution in [3.8, 4) is 0 Å². The lowest BCUT2D eigenvalue weighted by Gasteiger charge is -2.12. The molecule has 1 aliphatic heterocycles. The third-order valence-electron chi connectivity index (χ3n) is 3.10. The zero-order valence-electron chi connectivity index (χ0n) is 11.7. The van der Waals surface area contributed by atoms with Crippen LogP contribution in [0.3, 0.4) is 0 Å². The van der Waals surface area contributed by atoms with E-state index in [4.69, 9.17) is 4.74 Å². The molecule has 1 unspecified atom stereocenters. The SMILES string of the molecule is CN(C)/C=N/c1nc2c(nc(Br)n2C2CCCO2)c(=O)[nH]1. The van der Waals surface area contributed by atoms with E-state index < -0.39 is 0 Å². The van der Waals surface area contributed by atoms with Gasteiger partial charge in [0.15, 0.2) is 15.9 Å². The van der Waals surface area contributed by atoms with E-state index in [1.807, 2.05) is 14.1 Å². The summed E-state index contributed by atoms with van der Waals surface area (Å²) in [7, 11) is 3.68. The molecule has 2 aromatic heterocycles. The van der Waals surface area contributed by atoms with E-state index in [9.17, 15) is 4.79 Å². The molecular weight excluding hydrogens is 340 g/mol. The molecule has 8 nitrogen and oxygen atoms in total. The number of nitrogens with one attached hydrogen (secondary N) is 1. The Morgan fingerprint density at radius 2 is 2.33 bits per heavy atom. The number of halogens is 1. The Bertz CT molecular complexity index is 744. The van der Waals surface area contributed by atoms with Crippen LogP contribution in [0.25, 0.3) is 11.2 Å². The van der Waals surface area contributed by atoms with Gasteiger partial charge in [-0.2, -0.15) is 4.98 Å². The van der Waals surface area contributed by atoms with Gasteiger partial charge in [0.05, 0.1) is 6.34 Å². The predicted octanol–water partition coefficient (Wildman–Crippen LogP) is 1.41. The standard InChI is InChI=1S/C12H15BrN6O2/c1-18(2)6-14-12-16-9-8(10(20)17-12)15-11(13)19(9)7-4-3-5-21-7/h6-7H,3-5H2,1-2H3,(H,16,17,20)/b14-6+. The Morgan fingerprint density at radius 1 is 1.52 bits per heavy atom. The summed E-state index contributed by atoms with van der Waals surface area (Å²) in [6, 6.07) is 0. The number of aliphatic imine (C=N–C) groups is 1. The molecule has 21 heavy (non-hydrogen) atoms. The smallest absolute Gasteiger partial charge is 0.280 e. The fourth-order valence-corrected chi connectivity index (χ4v) is 2.77. The fraction of sp³-hybridized carbons (Fsp3) is 0.500. The van der Waals surface area contributed by atoms with Crippen molar-refractivity contribution in [3.63, 3.8) is 0 Å². The van der Waals surface area contributed by atoms with Gasteiger partial charge in [-0.05, 0) is 28.8 Å². The number of nitrogens with zero attached hydrogens (tertiary/aromatic N) is 5. The number of aromatic amines is 1. The first-order valence-electron chi connectivity index (χ1n) is 6.56. The average molecular weight is 355 g/mol. The molecule has 1 fully saturated rings. The van der Waals surface area contributed by atoms with Crippen molar-refractivity contribution in [2.24, 2.45) is 4.99 Å². The van der Waals surface area contributed by atoms with Crippen molar-refractivity contribution in [1.29, 1.82) is 0 Å². The molecule has 3 heterocycles. The van der Waals surface area contributed by atoms with Gasteiger partial charge in [-0.1, -0.05) is 0 Å². The van der Waals surface area contributed by atoms with E-state index in [0.717, 1.165) is 12.8 Å². The highest BCUT2D eigenvalue weighted by Gasteiger charge is 2.24. The van der Waals surface area contributed by atoms with E-state index in [-0.39, 0.29) is 23.3 Å². The average Bonchev–Trinajstić information content (AvgIpc) is 3.03. The van der Waals surface area contributed by atoms with E-state index in [2.05, 4.69) is 35.9 Å². The Kier molecular flexibility index (Phi) is 3.77. The lowest BCUT2D eigenvalue weighted by atomic mass is 10.3. The Hall–Kier alpha value is -1.74. The molecule has 0 aliphatic carbocycles. The summed E-state index contributed by atoms with van der Waals surface area (Å²) in [4.78, 5) is 29.2. The van der Waals surface area contributed by atoms with Gasteiger partial charge in [0.25, 0.3) is 5.56 Å². The molecule has 1 aliphatic rings. The van der Waals surface area contributed by atoms with Gasteiger partial charge < -0.3 is 9.64 Å². The van der Waals surface area contributed by atoms with Crippen molar-refractivity contribution in [2.45, 2.75) is 19.1 Å². The number of ether oxygens (including phenoxy) is 1. The zero-order chi connectivity index (χ0) is 15.0. The lowest BCUT2D eigenvalue weighted by molar-refractivity contribution is 0.0576. The third kappa shape index (κ3) is 2.70. The van der Waals surface area contributed by atoms with Gasteiger partial charge >= 0.3 is 0 Å². The summed E-state index contributed by atoms with van der Waals surface area (Å²) >= 11 is 3.37. The highest BCUT2D eigenvalue weighted by molar-refractivity contribution is 9.10. The van der Waals surface area contributed by atoms with Crippen molar-refractivity contribution in [1.82, 2.24) is 24.4 Å². The first kappa shape index (κ1) is 14.2. The summed E-state index contributed by atoms with van der Waals surface area (Å²) in [5, 5.41) is 0. The third-order valence-corrected chi connectivity index (χ3v) is 3.66. The van der Waals surface area contributed by atoms with Gasteiger partial charge in [-0.3, -0.25) is 14.3 Å². The molecule has 112 valence electrons. The first-order chi connectivity index (χ1) is 10.1. The molecule has 0 spiro atoms. The van der Waals surface area contributed by atoms with Gasteiger partial charge in [0.1, 0.15) is 6.23 Å². The summed E-state index contributed by atoms with van der Waals surface area (Å²) in [5.41, 5.74) is 0.438. The van der Waals surface area contributed by atoms with Crippen LogP contribution in [0.2, 0.25) is 0 Å². The molecule has 0 saturated carbocycles. The highest BCUT2D eigenvalue weighted by atomic mass is 79.9. The largest absolute Gasteiger partial charge is 0.369 e. The van der Waals surface area contributed by atoms with E-state index >= 15 is 0 Å². The molecule has 0 amide bonds. The van der Waals surface area contributed by atoms with Crippen molar-refractivity contribution in [2.75, 3.05) is 20.7 Å². The minimum absolute atomic E-state index is 0.149. The molecule has 1 atom stereocenters. The quantitative estimate of drug-likeness (QED) is 0.511. The molecule has 9 heteroatoms. The Labute approximate surface area is 129 Å². The second kappa shape index (κ2) is 5.57. The molecule has 0 bridgehead atoms. The van der Waals surface area contributed by atoms with Gasteiger partial charge in [0.2, 0.25) is 5.95 Å². The molecule has 3 rings (SSSR count). The minimum Gasteiger partial charge on any atom is -0.369 e. The van der Waals surface area contributed by atoms with E-state index in [1.54, 1.807) is 15.8 Å². The molecule has 1 N–H and O–H groups in total. The molecule has 2 aromatic rings. The summed E-state index contributed by atoms with van der Waals surface area (Å²) in [6.07, 6.45) is 3.27. The van der Waals surface area contributed by atoms with Gasteiger partial charge in [-0.25, -0.2) is 9.98 Å². The van der Waals surface area contributed by atoms with Crippen LogP contribution in [-0.2, 0) is 4.74 Å². The molecule has 1 saturated heterocycles. The summed E-state index contributed by atoms with van der Waals surface area (Å²) in [5.74, 6) is 0.243.